The molecule has 1 saturated carbocycles. The second-order valence-corrected chi connectivity index (χ2v) is 15.8. The van der Waals surface area contributed by atoms with Crippen LogP contribution in [-0.2, 0) is 35.2 Å². The van der Waals surface area contributed by atoms with Crippen molar-refractivity contribution >= 4 is 41.4 Å². The number of nitrogens with zero attached hydrogens (tertiary/aromatic N) is 3. The monoisotopic (exact) mass is 778 g/mol. The maximum absolute atomic E-state index is 14.3. The molecule has 3 saturated heterocycles. The van der Waals surface area contributed by atoms with Crippen LogP contribution in [-0.4, -0.2) is 113 Å². The zero-order valence-electron chi connectivity index (χ0n) is 32.6. The number of nitrogens with two attached hydrogens (primary N) is 3. The van der Waals surface area contributed by atoms with Gasteiger partial charge in [0.1, 0.15) is 29.7 Å². The van der Waals surface area contributed by atoms with Gasteiger partial charge in [0.2, 0.25) is 35.4 Å². The largest absolute Gasteiger partial charge is 0.370 e. The number of carbonyl (C=O) groups excluding carboxylic acids is 6. The fraction of sp³-hybridized carbons (Fsp3) is 0.675. The van der Waals surface area contributed by atoms with E-state index in [1.807, 2.05) is 30.3 Å². The van der Waals surface area contributed by atoms with Crippen LogP contribution in [0.25, 0.3) is 0 Å². The number of hydrogen-bond donors (Lipinski definition) is 7. The molecule has 308 valence electrons. The lowest BCUT2D eigenvalue weighted by molar-refractivity contribution is -0.146. The van der Waals surface area contributed by atoms with Gasteiger partial charge in [-0.25, -0.2) is 0 Å². The van der Waals surface area contributed by atoms with Crippen LogP contribution in [0.3, 0.4) is 0 Å². The molecule has 16 heteroatoms. The summed E-state index contributed by atoms with van der Waals surface area (Å²) in [5.41, 5.74) is 17.0. The molecule has 0 unspecified atom stereocenters. The molecule has 1 spiro atoms. The summed E-state index contributed by atoms with van der Waals surface area (Å²) in [7, 11) is 0. The Balaban J connectivity index is 1.37. The fourth-order valence-corrected chi connectivity index (χ4v) is 8.31. The van der Waals surface area contributed by atoms with Crippen LogP contribution in [0, 0.1) is 0 Å². The number of rotatable bonds is 6. The van der Waals surface area contributed by atoms with Gasteiger partial charge in [-0.3, -0.25) is 33.8 Å². The first kappa shape index (κ1) is 42.4. The number of benzene rings is 1. The molecule has 16 nitrogen and oxygen atoms in total. The highest BCUT2D eigenvalue weighted by atomic mass is 16.2. The van der Waals surface area contributed by atoms with E-state index in [2.05, 4.69) is 26.3 Å². The van der Waals surface area contributed by atoms with Gasteiger partial charge in [-0.1, -0.05) is 62.4 Å². The Kier molecular flexibility index (Phi) is 15.5. The quantitative estimate of drug-likeness (QED) is 0.120. The van der Waals surface area contributed by atoms with E-state index < -0.39 is 53.5 Å². The second kappa shape index (κ2) is 20.4. The van der Waals surface area contributed by atoms with Gasteiger partial charge in [0, 0.05) is 32.6 Å². The van der Waals surface area contributed by atoms with E-state index in [0.29, 0.717) is 77.4 Å². The molecule has 5 atom stereocenters. The summed E-state index contributed by atoms with van der Waals surface area (Å²) < 4.78 is 0. The highest BCUT2D eigenvalue weighted by molar-refractivity contribution is 5.99. The van der Waals surface area contributed by atoms with Gasteiger partial charge in [-0.05, 0) is 76.2 Å². The van der Waals surface area contributed by atoms with Crippen molar-refractivity contribution in [3.63, 3.8) is 0 Å². The predicted octanol–water partition coefficient (Wildman–Crippen LogP) is 0.461. The molecule has 1 aromatic carbocycles. The molecule has 56 heavy (non-hydrogen) atoms. The van der Waals surface area contributed by atoms with Crippen molar-refractivity contribution in [1.82, 2.24) is 31.1 Å². The normalized spacial score (nSPS) is 27.6. The Morgan fingerprint density at radius 2 is 1.34 bits per heavy atom. The van der Waals surface area contributed by atoms with Gasteiger partial charge in [0.15, 0.2) is 5.96 Å². The van der Waals surface area contributed by atoms with Crippen molar-refractivity contribution in [3.8, 4) is 0 Å². The number of fused-ring (bicyclic) bond motifs is 2. The third kappa shape index (κ3) is 11.2. The molecule has 5 rings (SSSR count). The number of hydrogen-bond acceptors (Lipinski definition) is 8. The lowest BCUT2D eigenvalue weighted by Gasteiger charge is -2.43. The van der Waals surface area contributed by atoms with Gasteiger partial charge in [-0.15, -0.1) is 0 Å². The molecule has 3 heterocycles. The third-order valence-electron chi connectivity index (χ3n) is 11.7. The van der Waals surface area contributed by atoms with E-state index in [9.17, 15) is 28.8 Å². The SMILES string of the molecule is NC(N)=NCCC[C@@H]1NC(=O)C2(CCC2)NC(=O)[C@@H]2CCCN2C(=O)[C@H](Cc2ccccc2)NC(=O)[C@@H](N)CCCCCCCCNC(=O)[C@@H]2CCCN2C1=O. The highest BCUT2D eigenvalue weighted by Gasteiger charge is 2.49. The molecule has 0 radical (unpaired) electrons. The maximum atomic E-state index is 14.3. The minimum absolute atomic E-state index is 0.0793. The average Bonchev–Trinajstić information content (AvgIpc) is 3.87. The summed E-state index contributed by atoms with van der Waals surface area (Å²) in [4.78, 5) is 90.5. The van der Waals surface area contributed by atoms with Crippen LogP contribution < -0.4 is 38.5 Å². The van der Waals surface area contributed by atoms with Crippen LogP contribution in [0.15, 0.2) is 35.3 Å². The molecule has 6 amide bonds. The van der Waals surface area contributed by atoms with Crippen molar-refractivity contribution in [2.45, 2.75) is 145 Å². The Bertz CT molecular complexity index is 1570. The Labute approximate surface area is 329 Å². The Hall–Kier alpha value is -4.73. The fourth-order valence-electron chi connectivity index (χ4n) is 8.31. The lowest BCUT2D eigenvalue weighted by Crippen LogP contribution is -2.67. The first-order valence-electron chi connectivity index (χ1n) is 20.7. The summed E-state index contributed by atoms with van der Waals surface area (Å²) in [6.07, 6.45) is 10.2. The summed E-state index contributed by atoms with van der Waals surface area (Å²) in [6.45, 7) is 1.45. The average molecular weight is 779 g/mol. The molecule has 3 aliphatic heterocycles. The maximum Gasteiger partial charge on any atom is 0.246 e. The summed E-state index contributed by atoms with van der Waals surface area (Å²) >= 11 is 0. The molecule has 10 N–H and O–H groups in total. The van der Waals surface area contributed by atoms with E-state index in [1.54, 1.807) is 4.90 Å². The Morgan fingerprint density at radius 1 is 0.714 bits per heavy atom. The van der Waals surface area contributed by atoms with Crippen LogP contribution in [0.4, 0.5) is 0 Å². The van der Waals surface area contributed by atoms with Crippen molar-refractivity contribution < 1.29 is 28.8 Å². The molecule has 1 aromatic rings. The standard InChI is InChI=1S/C40H62N10O6/c41-28-16-8-3-1-2-4-9-22-44-34(52)31-18-11-24-49(31)36(54)29(17-10-23-45-39(42)43)47-38(56)40(20-13-21-40)48-35(53)32-19-12-25-50(32)37(55)30(46-33(28)51)26-27-14-6-5-7-15-27/h5-7,14-15,28-32H,1-4,8-13,16-26,41H2,(H,44,52)(H,46,51)(H,47,56)(H,48,53)(H4,42,43,45)/t28-,29-,30-,31-,32-/m0/s1. The van der Waals surface area contributed by atoms with E-state index in [1.165, 1.54) is 4.90 Å². The molecule has 4 aliphatic rings. The van der Waals surface area contributed by atoms with Crippen LogP contribution >= 0.6 is 0 Å². The molecular formula is C40H62N10O6. The van der Waals surface area contributed by atoms with Gasteiger partial charge in [-0.2, -0.15) is 0 Å². The lowest BCUT2D eigenvalue weighted by atomic mass is 9.75. The predicted molar refractivity (Wildman–Crippen MR) is 211 cm³/mol. The van der Waals surface area contributed by atoms with Gasteiger partial charge < -0.3 is 48.3 Å². The second-order valence-electron chi connectivity index (χ2n) is 15.8. The number of guanidine groups is 1. The van der Waals surface area contributed by atoms with E-state index in [4.69, 9.17) is 17.2 Å². The molecule has 1 aliphatic carbocycles. The summed E-state index contributed by atoms with van der Waals surface area (Å²) in [6, 6.07) is 5.19. The smallest absolute Gasteiger partial charge is 0.246 e. The highest BCUT2D eigenvalue weighted by Crippen LogP contribution is 2.34. The number of amides is 6. The van der Waals surface area contributed by atoms with Crippen molar-refractivity contribution in [2.24, 2.45) is 22.2 Å². The van der Waals surface area contributed by atoms with Crippen LogP contribution in [0.2, 0.25) is 0 Å². The minimum atomic E-state index is -1.27. The number of carbonyl (C=O) groups is 6. The van der Waals surface area contributed by atoms with Crippen LogP contribution in [0.5, 0.6) is 0 Å². The Morgan fingerprint density at radius 3 is 1.98 bits per heavy atom. The number of nitrogens with one attached hydrogen (secondary N) is 4. The van der Waals surface area contributed by atoms with Gasteiger partial charge in [0.05, 0.1) is 6.04 Å². The zero-order chi connectivity index (χ0) is 40.1. The van der Waals surface area contributed by atoms with E-state index >= 15 is 0 Å². The van der Waals surface area contributed by atoms with Crippen molar-refractivity contribution in [1.29, 1.82) is 0 Å². The van der Waals surface area contributed by atoms with Crippen molar-refractivity contribution in [3.05, 3.63) is 35.9 Å². The number of aliphatic imine (C=N–C) groups is 1. The minimum Gasteiger partial charge on any atom is -0.370 e. The molecule has 0 aromatic heterocycles. The van der Waals surface area contributed by atoms with Crippen LogP contribution in [0.1, 0.15) is 108 Å². The topological polar surface area (TPSA) is 247 Å². The molecular weight excluding hydrogens is 717 g/mol. The first-order chi connectivity index (χ1) is 27.0. The van der Waals surface area contributed by atoms with Crippen molar-refractivity contribution in [2.75, 3.05) is 26.2 Å². The van der Waals surface area contributed by atoms with Gasteiger partial charge in [0.25, 0.3) is 0 Å². The zero-order valence-corrected chi connectivity index (χ0v) is 32.6. The first-order valence-corrected chi connectivity index (χ1v) is 20.7. The summed E-state index contributed by atoms with van der Waals surface area (Å²) in [5.74, 6) is -2.38. The van der Waals surface area contributed by atoms with E-state index in [-0.39, 0.29) is 43.1 Å². The molecule has 0 bridgehead atoms. The van der Waals surface area contributed by atoms with Gasteiger partial charge >= 0.3 is 0 Å². The van der Waals surface area contributed by atoms with E-state index in [0.717, 1.165) is 44.1 Å². The third-order valence-corrected chi connectivity index (χ3v) is 11.7. The molecule has 4 fully saturated rings. The summed E-state index contributed by atoms with van der Waals surface area (Å²) in [5, 5.41) is 11.9.